The molecule has 2 rings (SSSR count). The van der Waals surface area contributed by atoms with Crippen LogP contribution in [0.3, 0.4) is 0 Å². The number of rotatable bonds is 4. The van der Waals surface area contributed by atoms with Gasteiger partial charge in [0.15, 0.2) is 0 Å². The number of hydrogen-bond donors (Lipinski definition) is 1. The van der Waals surface area contributed by atoms with Gasteiger partial charge in [0, 0.05) is 0 Å². The third kappa shape index (κ3) is 3.58. The fourth-order valence-corrected chi connectivity index (χ4v) is 2.15. The van der Waals surface area contributed by atoms with Gasteiger partial charge in [-0.05, 0) is 65.2 Å². The number of halogens is 2. The number of aliphatic hydroxyl groups excluding tert-OH is 1. The zero-order valence-corrected chi connectivity index (χ0v) is 12.9. The molecule has 20 heavy (non-hydrogen) atoms. The topological polar surface area (TPSA) is 29.5 Å². The van der Waals surface area contributed by atoms with Crippen molar-refractivity contribution in [2.75, 3.05) is 0 Å². The summed E-state index contributed by atoms with van der Waals surface area (Å²) < 4.78 is 19.5. The predicted octanol–water partition coefficient (Wildman–Crippen LogP) is 4.46. The number of benzene rings is 2. The van der Waals surface area contributed by atoms with E-state index in [1.807, 2.05) is 26.0 Å². The highest BCUT2D eigenvalue weighted by atomic mass is 79.9. The van der Waals surface area contributed by atoms with Crippen molar-refractivity contribution in [3.63, 3.8) is 0 Å². The molecule has 0 amide bonds. The van der Waals surface area contributed by atoms with Gasteiger partial charge in [0.2, 0.25) is 0 Å². The summed E-state index contributed by atoms with van der Waals surface area (Å²) in [7, 11) is 0. The van der Waals surface area contributed by atoms with Crippen LogP contribution in [0, 0.1) is 5.82 Å². The van der Waals surface area contributed by atoms with E-state index in [4.69, 9.17) is 4.74 Å². The minimum absolute atomic E-state index is 0.0625. The van der Waals surface area contributed by atoms with Crippen LogP contribution in [0.1, 0.15) is 31.1 Å². The normalized spacial score (nSPS) is 12.5. The zero-order valence-electron chi connectivity index (χ0n) is 11.3. The molecule has 4 heteroatoms. The van der Waals surface area contributed by atoms with Crippen LogP contribution in [0.4, 0.5) is 4.39 Å². The molecule has 0 aromatic heterocycles. The van der Waals surface area contributed by atoms with E-state index >= 15 is 0 Å². The van der Waals surface area contributed by atoms with Gasteiger partial charge in [-0.2, -0.15) is 0 Å². The summed E-state index contributed by atoms with van der Waals surface area (Å²) in [6.07, 6.45) is -0.819. The fraction of sp³-hybridized carbons (Fsp3) is 0.250. The molecule has 1 unspecified atom stereocenters. The molecule has 0 saturated heterocycles. The molecule has 0 aliphatic heterocycles. The van der Waals surface area contributed by atoms with Crippen LogP contribution in [0.25, 0.3) is 0 Å². The Morgan fingerprint density at radius 3 is 2.45 bits per heavy atom. The van der Waals surface area contributed by atoms with Gasteiger partial charge in [-0.25, -0.2) is 4.39 Å². The van der Waals surface area contributed by atoms with Crippen molar-refractivity contribution in [2.24, 2.45) is 0 Å². The number of ether oxygens (including phenoxy) is 1. The maximum Gasteiger partial charge on any atom is 0.137 e. The molecule has 0 aliphatic carbocycles. The molecule has 0 fully saturated rings. The van der Waals surface area contributed by atoms with Crippen LogP contribution < -0.4 is 4.74 Å². The smallest absolute Gasteiger partial charge is 0.137 e. The molecular weight excluding hydrogens is 323 g/mol. The van der Waals surface area contributed by atoms with Crippen LogP contribution in [0.15, 0.2) is 46.9 Å². The SMILES string of the molecule is CC(C)Oc1cccc(C(O)c2ccc(Br)c(F)c2)c1. The van der Waals surface area contributed by atoms with Gasteiger partial charge in [-0.15, -0.1) is 0 Å². The molecule has 0 radical (unpaired) electrons. The second-order valence-corrected chi connectivity index (χ2v) is 5.67. The molecule has 0 spiro atoms. The second-order valence-electron chi connectivity index (χ2n) is 4.82. The minimum atomic E-state index is -0.881. The van der Waals surface area contributed by atoms with Gasteiger partial charge in [-0.3, -0.25) is 0 Å². The van der Waals surface area contributed by atoms with E-state index in [9.17, 15) is 9.50 Å². The Kier molecular flexibility index (Phi) is 4.78. The highest BCUT2D eigenvalue weighted by molar-refractivity contribution is 9.10. The van der Waals surface area contributed by atoms with Gasteiger partial charge in [0.05, 0.1) is 10.6 Å². The average molecular weight is 339 g/mol. The monoisotopic (exact) mass is 338 g/mol. The molecular formula is C16H16BrFO2. The Balaban J connectivity index is 2.28. The highest BCUT2D eigenvalue weighted by Crippen LogP contribution is 2.27. The first kappa shape index (κ1) is 15.0. The lowest BCUT2D eigenvalue weighted by atomic mass is 10.0. The summed E-state index contributed by atoms with van der Waals surface area (Å²) in [5.74, 6) is 0.297. The van der Waals surface area contributed by atoms with Crippen LogP contribution >= 0.6 is 15.9 Å². The summed E-state index contributed by atoms with van der Waals surface area (Å²) in [5.41, 5.74) is 1.18. The predicted molar refractivity (Wildman–Crippen MR) is 80.4 cm³/mol. The van der Waals surface area contributed by atoms with Crippen LogP contribution in [0.5, 0.6) is 5.75 Å². The van der Waals surface area contributed by atoms with E-state index in [0.717, 1.165) is 0 Å². The maximum atomic E-state index is 13.5. The van der Waals surface area contributed by atoms with Crippen molar-refractivity contribution in [2.45, 2.75) is 26.1 Å². The van der Waals surface area contributed by atoms with E-state index in [1.165, 1.54) is 6.07 Å². The van der Waals surface area contributed by atoms with Gasteiger partial charge < -0.3 is 9.84 Å². The van der Waals surface area contributed by atoms with Crippen molar-refractivity contribution in [1.29, 1.82) is 0 Å². The largest absolute Gasteiger partial charge is 0.491 e. The van der Waals surface area contributed by atoms with Gasteiger partial charge in [-0.1, -0.05) is 18.2 Å². The number of hydrogen-bond acceptors (Lipinski definition) is 2. The van der Waals surface area contributed by atoms with Crippen LogP contribution in [-0.2, 0) is 0 Å². The lowest BCUT2D eigenvalue weighted by molar-refractivity contribution is 0.216. The Labute approximate surface area is 126 Å². The third-order valence-corrected chi connectivity index (χ3v) is 3.45. The van der Waals surface area contributed by atoms with Gasteiger partial charge >= 0.3 is 0 Å². The summed E-state index contributed by atoms with van der Waals surface area (Å²) in [6.45, 7) is 3.88. The Morgan fingerprint density at radius 1 is 1.10 bits per heavy atom. The van der Waals surface area contributed by atoms with Crippen molar-refractivity contribution >= 4 is 15.9 Å². The Bertz CT molecular complexity index is 599. The maximum absolute atomic E-state index is 13.5. The Hall–Kier alpha value is -1.39. The molecule has 106 valence electrons. The first-order chi connectivity index (χ1) is 9.47. The molecule has 0 heterocycles. The summed E-state index contributed by atoms with van der Waals surface area (Å²) in [5, 5.41) is 10.3. The first-order valence-electron chi connectivity index (χ1n) is 6.37. The third-order valence-electron chi connectivity index (χ3n) is 2.81. The van der Waals surface area contributed by atoms with E-state index in [1.54, 1.807) is 24.3 Å². The molecule has 0 aliphatic rings. The van der Waals surface area contributed by atoms with Crippen molar-refractivity contribution in [3.8, 4) is 5.75 Å². The molecule has 2 aromatic carbocycles. The summed E-state index contributed by atoms with van der Waals surface area (Å²) in [6, 6.07) is 11.8. The van der Waals surface area contributed by atoms with E-state index in [-0.39, 0.29) is 6.10 Å². The average Bonchev–Trinajstić information content (AvgIpc) is 2.40. The van der Waals surface area contributed by atoms with Crippen LogP contribution in [0.2, 0.25) is 0 Å². The minimum Gasteiger partial charge on any atom is -0.491 e. The fourth-order valence-electron chi connectivity index (χ4n) is 1.91. The number of aliphatic hydroxyl groups is 1. The quantitative estimate of drug-likeness (QED) is 0.891. The molecule has 0 saturated carbocycles. The molecule has 2 aromatic rings. The summed E-state index contributed by atoms with van der Waals surface area (Å²) in [4.78, 5) is 0. The lowest BCUT2D eigenvalue weighted by Crippen LogP contribution is -2.06. The van der Waals surface area contributed by atoms with E-state index < -0.39 is 11.9 Å². The van der Waals surface area contributed by atoms with Crippen molar-refractivity contribution in [1.82, 2.24) is 0 Å². The molecule has 1 atom stereocenters. The molecule has 1 N–H and O–H groups in total. The van der Waals surface area contributed by atoms with Gasteiger partial charge in [0.1, 0.15) is 17.7 Å². The summed E-state index contributed by atoms with van der Waals surface area (Å²) >= 11 is 3.10. The molecule has 0 bridgehead atoms. The van der Waals surface area contributed by atoms with Crippen molar-refractivity contribution < 1.29 is 14.2 Å². The Morgan fingerprint density at radius 2 is 1.80 bits per heavy atom. The molecule has 2 nitrogen and oxygen atoms in total. The first-order valence-corrected chi connectivity index (χ1v) is 7.16. The van der Waals surface area contributed by atoms with Crippen LogP contribution in [-0.4, -0.2) is 11.2 Å². The van der Waals surface area contributed by atoms with E-state index in [2.05, 4.69) is 15.9 Å². The standard InChI is InChI=1S/C16H16BrFO2/c1-10(2)20-13-5-3-4-11(8-13)16(19)12-6-7-14(17)15(18)9-12/h3-10,16,19H,1-2H3. The zero-order chi connectivity index (χ0) is 14.7. The van der Waals surface area contributed by atoms with Crippen molar-refractivity contribution in [3.05, 3.63) is 63.9 Å². The van der Waals surface area contributed by atoms with Gasteiger partial charge in [0.25, 0.3) is 0 Å². The van der Waals surface area contributed by atoms with E-state index in [0.29, 0.717) is 21.3 Å². The highest BCUT2D eigenvalue weighted by Gasteiger charge is 2.13. The second kappa shape index (κ2) is 6.37. The lowest BCUT2D eigenvalue weighted by Gasteiger charge is -2.15.